The Hall–Kier alpha value is -2.28. The van der Waals surface area contributed by atoms with Crippen molar-refractivity contribution in [2.75, 3.05) is 6.54 Å². The van der Waals surface area contributed by atoms with Crippen molar-refractivity contribution < 1.29 is 4.79 Å². The molecular formula is C14H20N6O. The first kappa shape index (κ1) is 15.1. The van der Waals surface area contributed by atoms with Crippen LogP contribution in [0.4, 0.5) is 0 Å². The van der Waals surface area contributed by atoms with Crippen molar-refractivity contribution in [3.05, 3.63) is 41.2 Å². The highest BCUT2D eigenvalue weighted by atomic mass is 16.1. The van der Waals surface area contributed by atoms with E-state index in [9.17, 15) is 4.79 Å². The molecule has 0 aliphatic carbocycles. The maximum atomic E-state index is 12.2. The van der Waals surface area contributed by atoms with E-state index in [0.717, 1.165) is 24.4 Å². The number of amides is 1. The van der Waals surface area contributed by atoms with Gasteiger partial charge in [-0.1, -0.05) is 0 Å². The fourth-order valence-electron chi connectivity index (χ4n) is 2.01. The summed E-state index contributed by atoms with van der Waals surface area (Å²) in [5.41, 5.74) is 7.69. The molecule has 2 heterocycles. The zero-order valence-electron chi connectivity index (χ0n) is 12.3. The number of nitrogens with zero attached hydrogens (tertiary/aromatic N) is 4. The largest absolute Gasteiger partial charge is 0.346 e. The van der Waals surface area contributed by atoms with Crippen molar-refractivity contribution >= 4 is 5.91 Å². The van der Waals surface area contributed by atoms with Crippen molar-refractivity contribution in [2.24, 2.45) is 5.73 Å². The van der Waals surface area contributed by atoms with Gasteiger partial charge < -0.3 is 11.1 Å². The first-order chi connectivity index (χ1) is 10.1. The van der Waals surface area contributed by atoms with Crippen LogP contribution in [0.2, 0.25) is 0 Å². The summed E-state index contributed by atoms with van der Waals surface area (Å²) in [6, 6.07) is 1.78. The Morgan fingerprint density at radius 2 is 2.24 bits per heavy atom. The number of hydrogen-bond acceptors (Lipinski definition) is 5. The highest BCUT2D eigenvalue weighted by Gasteiger charge is 2.13. The Morgan fingerprint density at radius 3 is 2.95 bits per heavy atom. The molecule has 0 radical (unpaired) electrons. The molecule has 0 bridgehead atoms. The van der Waals surface area contributed by atoms with Gasteiger partial charge in [-0.25, -0.2) is 9.97 Å². The van der Waals surface area contributed by atoms with Crippen LogP contribution in [0.1, 0.15) is 34.0 Å². The van der Waals surface area contributed by atoms with Gasteiger partial charge in [0.2, 0.25) is 0 Å². The Balaban J connectivity index is 1.99. The van der Waals surface area contributed by atoms with Crippen molar-refractivity contribution in [1.29, 1.82) is 0 Å². The van der Waals surface area contributed by atoms with E-state index < -0.39 is 0 Å². The third-order valence-corrected chi connectivity index (χ3v) is 3.19. The zero-order valence-corrected chi connectivity index (χ0v) is 12.3. The van der Waals surface area contributed by atoms with Gasteiger partial charge >= 0.3 is 0 Å². The van der Waals surface area contributed by atoms with Crippen molar-refractivity contribution in [3.63, 3.8) is 0 Å². The van der Waals surface area contributed by atoms with E-state index >= 15 is 0 Å². The number of aryl methyl sites for hydroxylation is 2. The van der Waals surface area contributed by atoms with Gasteiger partial charge in [0, 0.05) is 18.4 Å². The number of nitrogens with two attached hydrogens (primary N) is 1. The molecular weight excluding hydrogens is 268 g/mol. The molecule has 2 rings (SSSR count). The second kappa shape index (κ2) is 6.94. The van der Waals surface area contributed by atoms with Crippen LogP contribution in [0.5, 0.6) is 0 Å². The minimum Gasteiger partial charge on any atom is -0.346 e. The number of aromatic nitrogens is 4. The third kappa shape index (κ3) is 3.85. The van der Waals surface area contributed by atoms with Gasteiger partial charge in [0.25, 0.3) is 5.91 Å². The average Bonchev–Trinajstić information content (AvgIpc) is 2.84. The highest BCUT2D eigenvalue weighted by Crippen LogP contribution is 2.08. The van der Waals surface area contributed by atoms with Crippen LogP contribution < -0.4 is 11.1 Å². The SMILES string of the molecule is Cc1nccc(CNC(=O)c2cnn(CCCN)c2C)n1. The van der Waals surface area contributed by atoms with Crippen LogP contribution in [0.25, 0.3) is 0 Å². The summed E-state index contributed by atoms with van der Waals surface area (Å²) in [5, 5.41) is 7.06. The van der Waals surface area contributed by atoms with Crippen LogP contribution >= 0.6 is 0 Å². The fourth-order valence-corrected chi connectivity index (χ4v) is 2.01. The van der Waals surface area contributed by atoms with E-state index in [-0.39, 0.29) is 5.91 Å². The fraction of sp³-hybridized carbons (Fsp3) is 0.429. The van der Waals surface area contributed by atoms with Crippen LogP contribution in [-0.2, 0) is 13.1 Å². The van der Waals surface area contributed by atoms with Crippen molar-refractivity contribution in [1.82, 2.24) is 25.1 Å². The molecule has 7 nitrogen and oxygen atoms in total. The van der Waals surface area contributed by atoms with Gasteiger partial charge in [0.05, 0.1) is 24.0 Å². The second-order valence-corrected chi connectivity index (χ2v) is 4.79. The maximum absolute atomic E-state index is 12.2. The number of hydrogen-bond donors (Lipinski definition) is 2. The van der Waals surface area contributed by atoms with Gasteiger partial charge in [-0.3, -0.25) is 9.48 Å². The van der Waals surface area contributed by atoms with Crippen molar-refractivity contribution in [2.45, 2.75) is 33.4 Å². The molecule has 0 spiro atoms. The molecule has 2 aromatic rings. The molecule has 1 amide bonds. The first-order valence-electron chi connectivity index (χ1n) is 6.91. The summed E-state index contributed by atoms with van der Waals surface area (Å²) >= 11 is 0. The molecule has 0 saturated heterocycles. The molecule has 0 saturated carbocycles. The molecule has 112 valence electrons. The van der Waals surface area contributed by atoms with Crippen molar-refractivity contribution in [3.8, 4) is 0 Å². The minimum absolute atomic E-state index is 0.150. The summed E-state index contributed by atoms with van der Waals surface area (Å²) in [4.78, 5) is 20.4. The van der Waals surface area contributed by atoms with E-state index in [1.807, 2.05) is 13.8 Å². The quantitative estimate of drug-likeness (QED) is 0.809. The molecule has 0 unspecified atom stereocenters. The number of carbonyl (C=O) groups excluding carboxylic acids is 1. The number of rotatable bonds is 6. The predicted molar refractivity (Wildman–Crippen MR) is 78.6 cm³/mol. The van der Waals surface area contributed by atoms with E-state index in [0.29, 0.717) is 24.5 Å². The first-order valence-corrected chi connectivity index (χ1v) is 6.91. The molecule has 0 aliphatic heterocycles. The van der Waals surface area contributed by atoms with Gasteiger partial charge in [0.15, 0.2) is 0 Å². The van der Waals surface area contributed by atoms with E-state index in [1.54, 1.807) is 23.1 Å². The van der Waals surface area contributed by atoms with E-state index in [1.165, 1.54) is 0 Å². The summed E-state index contributed by atoms with van der Waals surface area (Å²) in [6.45, 7) is 5.40. The smallest absolute Gasteiger partial charge is 0.255 e. The zero-order chi connectivity index (χ0) is 15.2. The molecule has 0 aliphatic rings. The normalized spacial score (nSPS) is 10.6. The summed E-state index contributed by atoms with van der Waals surface area (Å²) in [5.74, 6) is 0.537. The number of nitrogens with one attached hydrogen (secondary N) is 1. The van der Waals surface area contributed by atoms with Gasteiger partial charge in [-0.2, -0.15) is 5.10 Å². The standard InChI is InChI=1S/C14H20N6O/c1-10-13(9-18-20(10)7-3-5-15)14(21)17-8-12-4-6-16-11(2)19-12/h4,6,9H,3,5,7-8,15H2,1-2H3,(H,17,21). The molecule has 3 N–H and O–H groups in total. The summed E-state index contributed by atoms with van der Waals surface area (Å²) in [6.07, 6.45) is 4.11. The summed E-state index contributed by atoms with van der Waals surface area (Å²) < 4.78 is 1.80. The lowest BCUT2D eigenvalue weighted by atomic mass is 10.2. The van der Waals surface area contributed by atoms with E-state index in [2.05, 4.69) is 20.4 Å². The van der Waals surface area contributed by atoms with Crippen LogP contribution in [0.15, 0.2) is 18.5 Å². The lowest BCUT2D eigenvalue weighted by Crippen LogP contribution is -2.24. The lowest BCUT2D eigenvalue weighted by molar-refractivity contribution is 0.0949. The molecule has 21 heavy (non-hydrogen) atoms. The molecule has 7 heteroatoms. The third-order valence-electron chi connectivity index (χ3n) is 3.19. The van der Waals surface area contributed by atoms with Gasteiger partial charge in [0.1, 0.15) is 5.82 Å². The van der Waals surface area contributed by atoms with Crippen LogP contribution in [0.3, 0.4) is 0 Å². The second-order valence-electron chi connectivity index (χ2n) is 4.79. The average molecular weight is 288 g/mol. The van der Waals surface area contributed by atoms with Crippen LogP contribution in [0, 0.1) is 13.8 Å². The minimum atomic E-state index is -0.150. The lowest BCUT2D eigenvalue weighted by Gasteiger charge is -2.06. The van der Waals surface area contributed by atoms with E-state index in [4.69, 9.17) is 5.73 Å². The predicted octanol–water partition coefficient (Wildman–Crippen LogP) is 0.569. The highest BCUT2D eigenvalue weighted by molar-refractivity contribution is 5.94. The summed E-state index contributed by atoms with van der Waals surface area (Å²) in [7, 11) is 0. The number of carbonyl (C=O) groups is 1. The molecule has 0 fully saturated rings. The Labute approximate surface area is 123 Å². The Kier molecular flexibility index (Phi) is 4.99. The molecule has 0 atom stereocenters. The Morgan fingerprint density at radius 1 is 1.43 bits per heavy atom. The molecule has 2 aromatic heterocycles. The monoisotopic (exact) mass is 288 g/mol. The Bertz CT molecular complexity index is 622. The van der Waals surface area contributed by atoms with Gasteiger partial charge in [-0.05, 0) is 32.9 Å². The van der Waals surface area contributed by atoms with Gasteiger partial charge in [-0.15, -0.1) is 0 Å². The van der Waals surface area contributed by atoms with Crippen LogP contribution in [-0.4, -0.2) is 32.2 Å². The topological polar surface area (TPSA) is 98.7 Å². The maximum Gasteiger partial charge on any atom is 0.255 e. The molecule has 0 aromatic carbocycles.